The summed E-state index contributed by atoms with van der Waals surface area (Å²) in [5, 5.41) is 25.7. The highest BCUT2D eigenvalue weighted by Crippen LogP contribution is 2.20. The number of rotatable bonds is 3. The third-order valence-corrected chi connectivity index (χ3v) is 2.79. The molecule has 2 aromatic rings. The molecule has 0 fully saturated rings. The number of nitrogens with one attached hydrogen (secondary N) is 2. The average Bonchev–Trinajstić information content (AvgIpc) is 2.38. The molecular formula is C14H10ClN2O4-. The maximum Gasteiger partial charge on any atom is 0.335 e. The number of halogens is 1. The Morgan fingerprint density at radius 1 is 1.05 bits per heavy atom. The van der Waals surface area contributed by atoms with Gasteiger partial charge in [0, 0.05) is 16.4 Å². The third-order valence-electron chi connectivity index (χ3n) is 2.55. The minimum Gasteiger partial charge on any atom is -0.872 e. The summed E-state index contributed by atoms with van der Waals surface area (Å²) < 4.78 is 0. The van der Waals surface area contributed by atoms with E-state index in [4.69, 9.17) is 16.7 Å². The van der Waals surface area contributed by atoms with Crippen LogP contribution < -0.4 is 15.7 Å². The summed E-state index contributed by atoms with van der Waals surface area (Å²) >= 11 is 5.79. The Kier molecular flexibility index (Phi) is 4.30. The molecular weight excluding hydrogens is 296 g/mol. The smallest absolute Gasteiger partial charge is 0.335 e. The molecule has 0 spiro atoms. The van der Waals surface area contributed by atoms with Crippen LogP contribution in [0.25, 0.3) is 0 Å². The van der Waals surface area contributed by atoms with E-state index in [1.54, 1.807) is 24.3 Å². The summed E-state index contributed by atoms with van der Waals surface area (Å²) in [6, 6.07) is 9.50. The van der Waals surface area contributed by atoms with Gasteiger partial charge in [0.1, 0.15) is 0 Å². The molecule has 0 aliphatic heterocycles. The highest BCUT2D eigenvalue weighted by Gasteiger charge is 2.07. The van der Waals surface area contributed by atoms with Crippen molar-refractivity contribution in [3.05, 3.63) is 53.1 Å². The van der Waals surface area contributed by atoms with Gasteiger partial charge in [-0.2, -0.15) is 0 Å². The van der Waals surface area contributed by atoms with Gasteiger partial charge in [0.15, 0.2) is 0 Å². The van der Waals surface area contributed by atoms with Crippen LogP contribution in [0.3, 0.4) is 0 Å². The number of amides is 2. The van der Waals surface area contributed by atoms with E-state index in [-0.39, 0.29) is 11.3 Å². The van der Waals surface area contributed by atoms with Crippen molar-refractivity contribution in [2.75, 3.05) is 10.6 Å². The first-order valence-electron chi connectivity index (χ1n) is 5.83. The number of urea groups is 1. The quantitative estimate of drug-likeness (QED) is 0.811. The molecule has 0 aliphatic carbocycles. The molecule has 0 aliphatic rings. The Labute approximate surface area is 125 Å². The maximum atomic E-state index is 11.7. The molecule has 0 saturated heterocycles. The normalized spacial score (nSPS) is 9.95. The maximum absolute atomic E-state index is 11.7. The van der Waals surface area contributed by atoms with Gasteiger partial charge in [-0.15, -0.1) is 0 Å². The van der Waals surface area contributed by atoms with E-state index >= 15 is 0 Å². The molecule has 0 unspecified atom stereocenters. The standard InChI is InChI=1S/C14H11ClN2O4/c15-8-2-1-3-9(6-8)16-14(21)17-10-4-5-11(13(19)20)12(18)7-10/h1-7,18H,(H,19,20)(H2,16,17,21)/p-1. The minimum absolute atomic E-state index is 0.199. The van der Waals surface area contributed by atoms with Crippen LogP contribution in [0.15, 0.2) is 42.5 Å². The van der Waals surface area contributed by atoms with E-state index in [0.717, 1.165) is 12.1 Å². The summed E-state index contributed by atoms with van der Waals surface area (Å²) in [6.45, 7) is 0. The molecule has 108 valence electrons. The number of carbonyl (C=O) groups is 2. The molecule has 0 aromatic heterocycles. The Bertz CT molecular complexity index is 703. The zero-order valence-electron chi connectivity index (χ0n) is 10.6. The van der Waals surface area contributed by atoms with Gasteiger partial charge < -0.3 is 20.8 Å². The summed E-state index contributed by atoms with van der Waals surface area (Å²) in [5.41, 5.74) is 0.338. The van der Waals surface area contributed by atoms with Gasteiger partial charge in [-0.25, -0.2) is 9.59 Å². The van der Waals surface area contributed by atoms with E-state index in [0.29, 0.717) is 10.7 Å². The van der Waals surface area contributed by atoms with E-state index in [2.05, 4.69) is 10.6 Å². The number of benzene rings is 2. The molecule has 21 heavy (non-hydrogen) atoms. The number of hydrogen-bond donors (Lipinski definition) is 3. The van der Waals surface area contributed by atoms with Crippen LogP contribution in [0, 0.1) is 0 Å². The molecule has 0 atom stereocenters. The fourth-order valence-corrected chi connectivity index (χ4v) is 1.83. The van der Waals surface area contributed by atoms with Crippen molar-refractivity contribution in [1.82, 2.24) is 0 Å². The number of carboxylic acid groups (broad SMARTS) is 1. The topological polar surface area (TPSA) is 101 Å². The zero-order chi connectivity index (χ0) is 15.4. The van der Waals surface area contributed by atoms with Crippen molar-refractivity contribution < 1.29 is 19.8 Å². The zero-order valence-corrected chi connectivity index (χ0v) is 11.3. The van der Waals surface area contributed by atoms with Gasteiger partial charge in [-0.3, -0.25) is 0 Å². The lowest BCUT2D eigenvalue weighted by atomic mass is 10.2. The molecule has 0 radical (unpaired) electrons. The van der Waals surface area contributed by atoms with Crippen molar-refractivity contribution >= 4 is 35.0 Å². The van der Waals surface area contributed by atoms with Crippen molar-refractivity contribution in [1.29, 1.82) is 0 Å². The molecule has 2 amide bonds. The monoisotopic (exact) mass is 305 g/mol. The summed E-state index contributed by atoms with van der Waals surface area (Å²) in [5.74, 6) is -1.99. The minimum atomic E-state index is -1.31. The van der Waals surface area contributed by atoms with Crippen molar-refractivity contribution in [2.45, 2.75) is 0 Å². The second-order valence-corrected chi connectivity index (χ2v) is 4.54. The summed E-state index contributed by atoms with van der Waals surface area (Å²) in [6.07, 6.45) is 0. The van der Waals surface area contributed by atoms with E-state index in [1.165, 1.54) is 6.07 Å². The number of carbonyl (C=O) groups excluding carboxylic acids is 1. The van der Waals surface area contributed by atoms with Crippen molar-refractivity contribution in [2.24, 2.45) is 0 Å². The molecule has 6 nitrogen and oxygen atoms in total. The Morgan fingerprint density at radius 2 is 1.71 bits per heavy atom. The van der Waals surface area contributed by atoms with Gasteiger partial charge in [-0.05, 0) is 36.4 Å². The molecule has 0 bridgehead atoms. The average molecular weight is 306 g/mol. The van der Waals surface area contributed by atoms with E-state index in [1.807, 2.05) is 0 Å². The fraction of sp³-hybridized carbons (Fsp3) is 0. The van der Waals surface area contributed by atoms with Gasteiger partial charge in [-0.1, -0.05) is 23.4 Å². The molecule has 7 heteroatoms. The predicted octanol–water partition coefficient (Wildman–Crippen LogP) is 2.76. The Hall–Kier alpha value is -2.73. The van der Waals surface area contributed by atoms with Crippen LogP contribution in [0.5, 0.6) is 5.75 Å². The predicted molar refractivity (Wildman–Crippen MR) is 76.9 cm³/mol. The lowest BCUT2D eigenvalue weighted by Crippen LogP contribution is -2.19. The van der Waals surface area contributed by atoms with Crippen LogP contribution in [0.1, 0.15) is 10.4 Å². The third kappa shape index (κ3) is 3.87. The largest absolute Gasteiger partial charge is 0.872 e. The van der Waals surface area contributed by atoms with Crippen LogP contribution in [-0.2, 0) is 0 Å². The van der Waals surface area contributed by atoms with Crippen LogP contribution in [0.4, 0.5) is 16.2 Å². The lowest BCUT2D eigenvalue weighted by Gasteiger charge is -2.13. The Balaban J connectivity index is 2.06. The SMILES string of the molecule is O=C(Nc1cccc(Cl)c1)Nc1ccc(C(=O)O)c([O-])c1. The second-order valence-electron chi connectivity index (χ2n) is 4.11. The van der Waals surface area contributed by atoms with Crippen LogP contribution in [0.2, 0.25) is 5.02 Å². The number of aromatic carboxylic acids is 1. The highest BCUT2D eigenvalue weighted by atomic mass is 35.5. The molecule has 0 heterocycles. The number of anilines is 2. The van der Waals surface area contributed by atoms with E-state index < -0.39 is 17.7 Å². The van der Waals surface area contributed by atoms with Gasteiger partial charge in [0.25, 0.3) is 0 Å². The van der Waals surface area contributed by atoms with Gasteiger partial charge >= 0.3 is 12.0 Å². The second kappa shape index (κ2) is 6.15. The summed E-state index contributed by atoms with van der Waals surface area (Å²) in [4.78, 5) is 22.5. The highest BCUT2D eigenvalue weighted by molar-refractivity contribution is 6.30. The molecule has 3 N–H and O–H groups in total. The molecule has 0 saturated carbocycles. The molecule has 2 rings (SSSR count). The van der Waals surface area contributed by atoms with E-state index in [9.17, 15) is 14.7 Å². The first-order valence-corrected chi connectivity index (χ1v) is 6.21. The Morgan fingerprint density at radius 3 is 2.29 bits per heavy atom. The first-order chi connectivity index (χ1) is 9.95. The fourth-order valence-electron chi connectivity index (χ4n) is 1.64. The van der Waals surface area contributed by atoms with Gasteiger partial charge in [0.05, 0.1) is 5.56 Å². The van der Waals surface area contributed by atoms with Crippen molar-refractivity contribution in [3.8, 4) is 5.75 Å². The van der Waals surface area contributed by atoms with Crippen LogP contribution >= 0.6 is 11.6 Å². The number of carboxylic acids is 1. The summed E-state index contributed by atoms with van der Waals surface area (Å²) in [7, 11) is 0. The lowest BCUT2D eigenvalue weighted by molar-refractivity contribution is -0.268. The van der Waals surface area contributed by atoms with Crippen molar-refractivity contribution in [3.63, 3.8) is 0 Å². The van der Waals surface area contributed by atoms with Crippen LogP contribution in [-0.4, -0.2) is 17.1 Å². The molecule has 2 aromatic carbocycles. The number of hydrogen-bond acceptors (Lipinski definition) is 3. The first kappa shape index (κ1) is 14.7. The van der Waals surface area contributed by atoms with Gasteiger partial charge in [0.2, 0.25) is 0 Å².